The van der Waals surface area contributed by atoms with Crippen molar-refractivity contribution in [1.29, 1.82) is 0 Å². The number of ketones is 1. The van der Waals surface area contributed by atoms with Crippen molar-refractivity contribution in [3.63, 3.8) is 0 Å². The van der Waals surface area contributed by atoms with E-state index in [4.69, 9.17) is 9.47 Å². The third-order valence-electron chi connectivity index (χ3n) is 9.47. The SMILES string of the molecule is Cc1c(C)c2c(c(C)c1OCC(=O)c1ccc(O)cc1O)CC[C@](C)(CCC[C@@H](C)CCC[C@@H](C)CCCC(C)C)O2. The van der Waals surface area contributed by atoms with Gasteiger partial charge in [-0.05, 0) is 100.0 Å². The van der Waals surface area contributed by atoms with Crippen molar-refractivity contribution in [3.05, 3.63) is 46.0 Å². The van der Waals surface area contributed by atoms with E-state index < -0.39 is 0 Å². The van der Waals surface area contributed by atoms with Crippen LogP contribution in [0.2, 0.25) is 0 Å². The molecule has 0 bridgehead atoms. The zero-order valence-corrected chi connectivity index (χ0v) is 27.6. The molecule has 5 nitrogen and oxygen atoms in total. The van der Waals surface area contributed by atoms with E-state index in [-0.39, 0.29) is 35.1 Å². The summed E-state index contributed by atoms with van der Waals surface area (Å²) in [5.74, 6) is 3.45. The molecule has 1 aliphatic heterocycles. The van der Waals surface area contributed by atoms with E-state index in [0.717, 1.165) is 59.5 Å². The number of aromatic hydroxyl groups is 2. The summed E-state index contributed by atoms with van der Waals surface area (Å²) >= 11 is 0. The highest BCUT2D eigenvalue weighted by molar-refractivity contribution is 5.99. The van der Waals surface area contributed by atoms with Gasteiger partial charge in [-0.25, -0.2) is 0 Å². The molecule has 0 saturated heterocycles. The molecule has 1 aliphatic rings. The zero-order valence-electron chi connectivity index (χ0n) is 27.6. The number of carbonyl (C=O) groups is 1. The second-order valence-electron chi connectivity index (χ2n) is 13.8. The minimum absolute atomic E-state index is 0.0867. The molecule has 1 heterocycles. The maximum atomic E-state index is 12.7. The lowest BCUT2D eigenvalue weighted by Crippen LogP contribution is -2.37. The van der Waals surface area contributed by atoms with Crippen LogP contribution in [0.4, 0.5) is 0 Å². The van der Waals surface area contributed by atoms with Gasteiger partial charge >= 0.3 is 0 Å². The number of hydrogen-bond acceptors (Lipinski definition) is 5. The van der Waals surface area contributed by atoms with Crippen molar-refractivity contribution in [1.82, 2.24) is 0 Å². The molecular formula is C37H56O5. The van der Waals surface area contributed by atoms with Crippen LogP contribution in [0.15, 0.2) is 18.2 Å². The second-order valence-corrected chi connectivity index (χ2v) is 13.8. The summed E-state index contributed by atoms with van der Waals surface area (Å²) in [6, 6.07) is 3.97. The molecule has 0 spiro atoms. The highest BCUT2D eigenvalue weighted by Gasteiger charge is 2.34. The predicted molar refractivity (Wildman–Crippen MR) is 172 cm³/mol. The van der Waals surface area contributed by atoms with Crippen LogP contribution in [-0.2, 0) is 6.42 Å². The van der Waals surface area contributed by atoms with Crippen LogP contribution < -0.4 is 9.47 Å². The van der Waals surface area contributed by atoms with Gasteiger partial charge in [0.05, 0.1) is 5.56 Å². The van der Waals surface area contributed by atoms with E-state index in [1.807, 2.05) is 13.8 Å². The number of fused-ring (bicyclic) bond motifs is 1. The van der Waals surface area contributed by atoms with Gasteiger partial charge in [-0.2, -0.15) is 0 Å². The van der Waals surface area contributed by atoms with Crippen molar-refractivity contribution in [3.8, 4) is 23.0 Å². The zero-order chi connectivity index (χ0) is 31.0. The third-order valence-corrected chi connectivity index (χ3v) is 9.47. The standard InChI is InChI=1S/C37H56O5/c1-24(2)12-9-13-25(3)14-10-15-26(4)16-11-20-37(8)21-19-31-29(7)35(27(5)28(6)36(31)42-37)41-23-34(40)32-18-17-30(38)22-33(32)39/h17-18,22,24-26,38-39H,9-16,19-21,23H2,1-8H3/t25-,26-,37-/m0/s1. The Balaban J connectivity index is 1.52. The lowest BCUT2D eigenvalue weighted by atomic mass is 9.83. The smallest absolute Gasteiger partial charge is 0.203 e. The summed E-state index contributed by atoms with van der Waals surface area (Å²) in [4.78, 5) is 12.7. The van der Waals surface area contributed by atoms with Gasteiger partial charge in [0.25, 0.3) is 0 Å². The van der Waals surface area contributed by atoms with Gasteiger partial charge in [-0.3, -0.25) is 4.79 Å². The number of hydrogen-bond donors (Lipinski definition) is 2. The monoisotopic (exact) mass is 580 g/mol. The van der Waals surface area contributed by atoms with Crippen LogP contribution in [0.25, 0.3) is 0 Å². The van der Waals surface area contributed by atoms with Crippen LogP contribution in [0.5, 0.6) is 23.0 Å². The molecule has 3 rings (SSSR count). The average molecular weight is 581 g/mol. The first kappa shape index (κ1) is 33.8. The van der Waals surface area contributed by atoms with Crippen LogP contribution in [0.1, 0.15) is 131 Å². The number of phenols is 2. The number of Topliss-reactive ketones (excluding diaryl/α,β-unsaturated/α-hetero) is 1. The Bertz CT molecular complexity index is 1200. The molecule has 234 valence electrons. The predicted octanol–water partition coefficient (Wildman–Crippen LogP) is 9.81. The maximum Gasteiger partial charge on any atom is 0.203 e. The Kier molecular flexibility index (Phi) is 12.2. The molecule has 0 unspecified atom stereocenters. The molecule has 3 atom stereocenters. The Hall–Kier alpha value is -2.69. The van der Waals surface area contributed by atoms with E-state index in [2.05, 4.69) is 41.5 Å². The molecular weight excluding hydrogens is 524 g/mol. The molecule has 0 aromatic heterocycles. The van der Waals surface area contributed by atoms with Crippen LogP contribution >= 0.6 is 0 Å². The largest absolute Gasteiger partial charge is 0.508 e. The highest BCUT2D eigenvalue weighted by atomic mass is 16.5. The number of phenolic OH excluding ortho intramolecular Hbond substituents is 2. The molecule has 2 aromatic carbocycles. The fourth-order valence-corrected chi connectivity index (χ4v) is 6.45. The molecule has 2 aromatic rings. The number of benzene rings is 2. The molecule has 2 N–H and O–H groups in total. The van der Waals surface area contributed by atoms with Gasteiger partial charge in [0, 0.05) is 11.6 Å². The molecule has 0 amide bonds. The minimum Gasteiger partial charge on any atom is -0.508 e. The van der Waals surface area contributed by atoms with E-state index in [1.165, 1.54) is 75.1 Å². The van der Waals surface area contributed by atoms with Crippen molar-refractivity contribution in [2.45, 2.75) is 132 Å². The molecule has 0 saturated carbocycles. The highest BCUT2D eigenvalue weighted by Crippen LogP contribution is 2.45. The van der Waals surface area contributed by atoms with Crippen LogP contribution in [-0.4, -0.2) is 28.2 Å². The quantitative estimate of drug-likeness (QED) is 0.193. The first-order valence-electron chi connectivity index (χ1n) is 16.3. The van der Waals surface area contributed by atoms with Gasteiger partial charge in [0.2, 0.25) is 5.78 Å². The van der Waals surface area contributed by atoms with E-state index in [9.17, 15) is 15.0 Å². The van der Waals surface area contributed by atoms with Crippen molar-refractivity contribution < 1.29 is 24.5 Å². The lowest BCUT2D eigenvalue weighted by Gasteiger charge is -2.38. The molecule has 0 radical (unpaired) electrons. The lowest BCUT2D eigenvalue weighted by molar-refractivity contribution is 0.0511. The van der Waals surface area contributed by atoms with Gasteiger partial charge in [0.1, 0.15) is 28.6 Å². The van der Waals surface area contributed by atoms with Crippen molar-refractivity contribution >= 4 is 5.78 Å². The Morgan fingerprint density at radius 1 is 0.905 bits per heavy atom. The maximum absolute atomic E-state index is 12.7. The number of ether oxygens (including phenoxy) is 2. The molecule has 0 aliphatic carbocycles. The first-order valence-corrected chi connectivity index (χ1v) is 16.3. The van der Waals surface area contributed by atoms with Crippen LogP contribution in [0.3, 0.4) is 0 Å². The summed E-state index contributed by atoms with van der Waals surface area (Å²) in [6.45, 7) is 17.7. The fraction of sp³-hybridized carbons (Fsp3) is 0.649. The van der Waals surface area contributed by atoms with Crippen LogP contribution in [0, 0.1) is 38.5 Å². The average Bonchev–Trinajstić information content (AvgIpc) is 2.91. The van der Waals surface area contributed by atoms with E-state index >= 15 is 0 Å². The van der Waals surface area contributed by atoms with Gasteiger partial charge in [-0.1, -0.05) is 72.6 Å². The van der Waals surface area contributed by atoms with E-state index in [1.54, 1.807) is 0 Å². The van der Waals surface area contributed by atoms with Crippen molar-refractivity contribution in [2.24, 2.45) is 17.8 Å². The summed E-state index contributed by atoms with van der Waals surface area (Å²) in [5, 5.41) is 19.6. The van der Waals surface area contributed by atoms with E-state index in [0.29, 0.717) is 5.75 Å². The Morgan fingerprint density at radius 3 is 2.14 bits per heavy atom. The fourth-order valence-electron chi connectivity index (χ4n) is 6.45. The summed E-state index contributed by atoms with van der Waals surface area (Å²) < 4.78 is 12.8. The molecule has 0 fully saturated rings. The van der Waals surface area contributed by atoms with Gasteiger partial charge < -0.3 is 19.7 Å². The topological polar surface area (TPSA) is 76.0 Å². The Labute approximate surface area is 255 Å². The molecule has 42 heavy (non-hydrogen) atoms. The second kappa shape index (κ2) is 15.2. The van der Waals surface area contributed by atoms with Gasteiger partial charge in [0.15, 0.2) is 6.61 Å². The number of carbonyl (C=O) groups excluding carboxylic acids is 1. The summed E-state index contributed by atoms with van der Waals surface area (Å²) in [5.41, 5.74) is 4.19. The normalized spacial score (nSPS) is 17.9. The van der Waals surface area contributed by atoms with Gasteiger partial charge in [-0.15, -0.1) is 0 Å². The summed E-state index contributed by atoms with van der Waals surface area (Å²) in [6.07, 6.45) is 13.5. The minimum atomic E-state index is -0.337. The third kappa shape index (κ3) is 9.15. The number of rotatable bonds is 16. The Morgan fingerprint density at radius 2 is 1.52 bits per heavy atom. The van der Waals surface area contributed by atoms with Crippen molar-refractivity contribution in [2.75, 3.05) is 6.61 Å². The molecule has 5 heteroatoms. The summed E-state index contributed by atoms with van der Waals surface area (Å²) in [7, 11) is 0. The first-order chi connectivity index (χ1) is 19.8.